The normalized spacial score (nSPS) is 23.5. The van der Waals surface area contributed by atoms with Crippen molar-refractivity contribution in [3.63, 3.8) is 0 Å². The number of hydrazone groups is 1. The lowest BCUT2D eigenvalue weighted by molar-refractivity contribution is -0.122. The number of nitrogens with one attached hydrogen (secondary N) is 2. The summed E-state index contributed by atoms with van der Waals surface area (Å²) >= 11 is 5.67. The Morgan fingerprint density at radius 1 is 0.881 bits per heavy atom. The first kappa shape index (κ1) is 27.0. The van der Waals surface area contributed by atoms with Crippen LogP contribution in [0, 0.1) is 15.4 Å². The van der Waals surface area contributed by atoms with Crippen LogP contribution < -0.4 is 15.6 Å². The number of anilines is 2. The predicted octanol–water partition coefficient (Wildman–Crippen LogP) is 5.82. The van der Waals surface area contributed by atoms with Crippen molar-refractivity contribution < 1.29 is 14.4 Å². The molecule has 0 spiro atoms. The van der Waals surface area contributed by atoms with E-state index in [9.17, 15) is 14.4 Å². The van der Waals surface area contributed by atoms with Crippen molar-refractivity contribution in [3.05, 3.63) is 127 Å². The molecule has 7 nitrogen and oxygen atoms in total. The Bertz CT molecular complexity index is 1730. The van der Waals surface area contributed by atoms with E-state index in [-0.39, 0.29) is 30.2 Å². The first-order chi connectivity index (χ1) is 20.4. The van der Waals surface area contributed by atoms with Crippen LogP contribution in [0.25, 0.3) is 0 Å². The Balaban J connectivity index is 1.29. The molecule has 1 saturated heterocycles. The fourth-order valence-corrected chi connectivity index (χ4v) is 7.51. The third-order valence-corrected chi connectivity index (χ3v) is 9.77. The van der Waals surface area contributed by atoms with Gasteiger partial charge in [-0.1, -0.05) is 64.5 Å². The van der Waals surface area contributed by atoms with Gasteiger partial charge in [0.25, 0.3) is 5.91 Å². The summed E-state index contributed by atoms with van der Waals surface area (Å²) in [4.78, 5) is 42.7. The summed E-state index contributed by atoms with van der Waals surface area (Å²) in [7, 11) is 0. The van der Waals surface area contributed by atoms with Crippen LogP contribution in [-0.2, 0) is 19.8 Å². The lowest BCUT2D eigenvalue weighted by Gasteiger charge is -2.52. The minimum Gasteiger partial charge on any atom is -0.376 e. The summed E-state index contributed by atoms with van der Waals surface area (Å²) in [6.07, 6.45) is 1.68. The summed E-state index contributed by atoms with van der Waals surface area (Å²) in [5.41, 5.74) is 6.87. The molecule has 0 radical (unpaired) electrons. The number of carbonyl (C=O) groups excluding carboxylic acids is 3. The number of nitrogens with zero attached hydrogens (tertiary/aromatic N) is 2. The van der Waals surface area contributed by atoms with Gasteiger partial charge < -0.3 is 5.32 Å². The van der Waals surface area contributed by atoms with Crippen LogP contribution in [0.2, 0.25) is 0 Å². The van der Waals surface area contributed by atoms with Gasteiger partial charge in [0, 0.05) is 25.9 Å². The molecule has 0 saturated carbocycles. The molecule has 9 heteroatoms. The maximum atomic E-state index is 14.4. The molecule has 3 amide bonds. The van der Waals surface area contributed by atoms with Gasteiger partial charge in [-0.2, -0.15) is 5.10 Å². The second kappa shape index (κ2) is 10.5. The lowest BCUT2D eigenvalue weighted by Crippen LogP contribution is -2.54. The summed E-state index contributed by atoms with van der Waals surface area (Å²) in [6.45, 7) is 0.0288. The van der Waals surface area contributed by atoms with Gasteiger partial charge in [0.05, 0.1) is 29.5 Å². The van der Waals surface area contributed by atoms with E-state index in [2.05, 4.69) is 54.4 Å². The minimum atomic E-state index is -1.04. The molecule has 2 atom stereocenters. The smallest absolute Gasteiger partial charge is 0.259 e. The zero-order chi connectivity index (χ0) is 29.0. The highest BCUT2D eigenvalue weighted by molar-refractivity contribution is 14.1. The highest BCUT2D eigenvalue weighted by Crippen LogP contribution is 2.63. The van der Waals surface area contributed by atoms with Gasteiger partial charge in [0.15, 0.2) is 0 Å². The number of benzene rings is 4. The zero-order valence-corrected chi connectivity index (χ0v) is 25.9. The average Bonchev–Trinajstić information content (AvgIpc) is 3.28. The highest BCUT2D eigenvalue weighted by atomic mass is 127. The number of rotatable bonds is 6. The Labute approximate surface area is 264 Å². The Kier molecular flexibility index (Phi) is 6.73. The average molecular weight is 731 g/mol. The molecular weight excluding hydrogens is 707 g/mol. The number of amides is 3. The van der Waals surface area contributed by atoms with Gasteiger partial charge >= 0.3 is 0 Å². The third kappa shape index (κ3) is 4.12. The molecule has 2 bridgehead atoms. The van der Waals surface area contributed by atoms with E-state index < -0.39 is 17.3 Å². The maximum Gasteiger partial charge on any atom is 0.259 e. The number of halogens is 2. The van der Waals surface area contributed by atoms with Crippen LogP contribution in [0.5, 0.6) is 0 Å². The molecule has 4 aromatic carbocycles. The Morgan fingerprint density at radius 2 is 1.50 bits per heavy atom. The van der Waals surface area contributed by atoms with Crippen LogP contribution in [0.3, 0.4) is 0 Å². The molecule has 0 unspecified atom stereocenters. The highest BCUT2D eigenvalue weighted by Gasteiger charge is 2.68. The molecule has 42 heavy (non-hydrogen) atoms. The first-order valence-corrected chi connectivity index (χ1v) is 15.4. The van der Waals surface area contributed by atoms with Crippen molar-refractivity contribution >= 4 is 73.8 Å². The molecule has 3 aliphatic carbocycles. The van der Waals surface area contributed by atoms with Crippen LogP contribution in [0.4, 0.5) is 11.4 Å². The van der Waals surface area contributed by atoms with Crippen molar-refractivity contribution in [1.82, 2.24) is 5.43 Å². The van der Waals surface area contributed by atoms with Crippen LogP contribution >= 0.6 is 38.5 Å². The van der Waals surface area contributed by atoms with Crippen LogP contribution in [0.15, 0.2) is 107 Å². The summed E-state index contributed by atoms with van der Waals surface area (Å²) in [6, 6.07) is 30.9. The number of carbonyl (C=O) groups is 3. The molecule has 1 aliphatic heterocycles. The van der Waals surface area contributed by atoms with Crippen molar-refractivity contribution in [2.45, 2.75) is 11.3 Å². The quantitative estimate of drug-likeness (QED) is 0.113. The van der Waals surface area contributed by atoms with E-state index in [4.69, 9.17) is 0 Å². The van der Waals surface area contributed by atoms with E-state index in [0.29, 0.717) is 5.69 Å². The molecule has 208 valence electrons. The molecular formula is C33H24BrIN4O3. The molecule has 0 aromatic heterocycles. The van der Waals surface area contributed by atoms with Crippen molar-refractivity contribution in [3.8, 4) is 0 Å². The Hall–Kier alpha value is -3.83. The van der Waals surface area contributed by atoms with Gasteiger partial charge in [0.2, 0.25) is 11.8 Å². The van der Waals surface area contributed by atoms with Crippen LogP contribution in [-0.4, -0.2) is 30.5 Å². The fourth-order valence-electron chi connectivity index (χ4n) is 6.89. The number of hydrogen-bond donors (Lipinski definition) is 2. The van der Waals surface area contributed by atoms with E-state index >= 15 is 0 Å². The maximum absolute atomic E-state index is 14.4. The van der Waals surface area contributed by atoms with E-state index in [0.717, 1.165) is 36.0 Å². The molecule has 2 N–H and O–H groups in total. The van der Waals surface area contributed by atoms with Crippen molar-refractivity contribution in [1.29, 1.82) is 0 Å². The summed E-state index contributed by atoms with van der Waals surface area (Å²) in [5.74, 6) is -2.38. The zero-order valence-electron chi connectivity index (χ0n) is 22.1. The predicted molar refractivity (Wildman–Crippen MR) is 173 cm³/mol. The second-order valence-electron chi connectivity index (χ2n) is 10.7. The second-order valence-corrected chi connectivity index (χ2v) is 12.8. The van der Waals surface area contributed by atoms with Crippen LogP contribution in [0.1, 0.15) is 28.2 Å². The van der Waals surface area contributed by atoms with Gasteiger partial charge in [0.1, 0.15) is 0 Å². The third-order valence-electron chi connectivity index (χ3n) is 8.52. The molecule has 4 aromatic rings. The van der Waals surface area contributed by atoms with E-state index in [1.165, 1.54) is 4.90 Å². The molecule has 4 aliphatic rings. The van der Waals surface area contributed by atoms with Crippen molar-refractivity contribution in [2.75, 3.05) is 16.8 Å². The standard InChI is InChI=1S/C33H24BrIN4O3/c34-19-9-15-22(16-10-19)39-31(41)29-28-23-5-1-3-7-25(23)33(30(29)32(39)42,26-8-4-2-6-24(26)28)18-37-38-27(40)17-36-21-13-11-20(35)12-14-21/h1-16,18,28-30,36H,17H2,(H,38,40)/b37-18-/t28?,29-,30-,33?/m0/s1. The molecule has 1 heterocycles. The topological polar surface area (TPSA) is 90.9 Å². The van der Waals surface area contributed by atoms with E-state index in [1.807, 2.05) is 84.9 Å². The van der Waals surface area contributed by atoms with Gasteiger partial charge in [-0.3, -0.25) is 14.4 Å². The molecule has 1 fully saturated rings. The Morgan fingerprint density at radius 3 is 2.14 bits per heavy atom. The first-order valence-electron chi connectivity index (χ1n) is 13.5. The van der Waals surface area contributed by atoms with E-state index in [1.54, 1.807) is 18.3 Å². The number of imide groups is 1. The summed E-state index contributed by atoms with van der Waals surface area (Å²) < 4.78 is 1.96. The molecule has 8 rings (SSSR count). The minimum absolute atomic E-state index is 0.0288. The van der Waals surface area contributed by atoms with Crippen molar-refractivity contribution in [2.24, 2.45) is 16.9 Å². The van der Waals surface area contributed by atoms with Gasteiger partial charge in [-0.15, -0.1) is 0 Å². The van der Waals surface area contributed by atoms with Gasteiger partial charge in [-0.25, -0.2) is 10.3 Å². The summed E-state index contributed by atoms with van der Waals surface area (Å²) in [5, 5.41) is 7.56. The lowest BCUT2D eigenvalue weighted by atomic mass is 9.47. The monoisotopic (exact) mass is 730 g/mol. The SMILES string of the molecule is O=C(CNc1ccc(I)cc1)N/N=C\C12c3ccccc3C(c3ccccc31)[C@@H]1C(=O)N(c3ccc(Br)cc3)C(=O)[C@H]12. The van der Waals surface area contributed by atoms with Gasteiger partial charge in [-0.05, 0) is 93.4 Å². The fraction of sp³-hybridized carbons (Fsp3) is 0.152. The largest absolute Gasteiger partial charge is 0.376 e. The number of hydrogen-bond acceptors (Lipinski definition) is 5.